The molecular formula is C14H21NOS. The second-order valence-corrected chi connectivity index (χ2v) is 6.33. The van der Waals surface area contributed by atoms with E-state index in [4.69, 9.17) is 0 Å². The van der Waals surface area contributed by atoms with Crippen LogP contribution in [0.5, 0.6) is 0 Å². The van der Waals surface area contributed by atoms with Gasteiger partial charge in [-0.15, -0.1) is 11.8 Å². The Morgan fingerprint density at radius 3 is 2.24 bits per heavy atom. The molecule has 0 spiro atoms. The van der Waals surface area contributed by atoms with Crippen LogP contribution in [0.3, 0.4) is 0 Å². The van der Waals surface area contributed by atoms with Gasteiger partial charge in [-0.3, -0.25) is 4.79 Å². The monoisotopic (exact) mass is 251 g/mol. The minimum atomic E-state index is 0.0470. The highest BCUT2D eigenvalue weighted by atomic mass is 32.2. The van der Waals surface area contributed by atoms with E-state index in [1.165, 1.54) is 4.90 Å². The van der Waals surface area contributed by atoms with Gasteiger partial charge in [0.1, 0.15) is 0 Å². The van der Waals surface area contributed by atoms with Gasteiger partial charge in [0.2, 0.25) is 5.91 Å². The van der Waals surface area contributed by atoms with Gasteiger partial charge >= 0.3 is 0 Å². The summed E-state index contributed by atoms with van der Waals surface area (Å²) in [4.78, 5) is 12.7. The standard InChI is InChI=1S/C14H21NOS/c1-10(2)14(16)15-9-12-5-7-13(8-6-12)17-11(3)4/h5-8,10-11H,9H2,1-4H3,(H,15,16). The lowest BCUT2D eigenvalue weighted by Crippen LogP contribution is -2.27. The predicted octanol–water partition coefficient (Wildman–Crippen LogP) is 3.46. The van der Waals surface area contributed by atoms with E-state index in [9.17, 15) is 4.79 Å². The molecule has 0 atom stereocenters. The molecule has 3 heteroatoms. The highest BCUT2D eigenvalue weighted by Crippen LogP contribution is 2.22. The summed E-state index contributed by atoms with van der Waals surface area (Å²) in [6, 6.07) is 8.37. The van der Waals surface area contributed by atoms with Crippen molar-refractivity contribution in [2.45, 2.75) is 44.4 Å². The smallest absolute Gasteiger partial charge is 0.222 e. The Labute approximate surface area is 108 Å². The van der Waals surface area contributed by atoms with Gasteiger partial charge in [0.15, 0.2) is 0 Å². The molecule has 0 fully saturated rings. The number of carbonyl (C=O) groups excluding carboxylic acids is 1. The number of hydrogen-bond donors (Lipinski definition) is 1. The number of benzene rings is 1. The van der Waals surface area contributed by atoms with Crippen molar-refractivity contribution >= 4 is 17.7 Å². The van der Waals surface area contributed by atoms with Crippen molar-refractivity contribution in [1.82, 2.24) is 5.32 Å². The zero-order valence-corrected chi connectivity index (χ0v) is 11.8. The molecule has 0 saturated heterocycles. The number of amides is 1. The van der Waals surface area contributed by atoms with E-state index in [0.717, 1.165) is 5.56 Å². The fourth-order valence-electron chi connectivity index (χ4n) is 1.35. The highest BCUT2D eigenvalue weighted by Gasteiger charge is 2.05. The Kier molecular flexibility index (Phi) is 5.56. The van der Waals surface area contributed by atoms with Gasteiger partial charge in [0.25, 0.3) is 0 Å². The van der Waals surface area contributed by atoms with E-state index in [2.05, 4.69) is 43.4 Å². The molecule has 0 aliphatic carbocycles. The first-order valence-corrected chi connectivity index (χ1v) is 6.90. The minimum Gasteiger partial charge on any atom is -0.352 e. The third-order valence-electron chi connectivity index (χ3n) is 2.29. The maximum atomic E-state index is 11.4. The highest BCUT2D eigenvalue weighted by molar-refractivity contribution is 7.99. The maximum Gasteiger partial charge on any atom is 0.222 e. The molecule has 0 aliphatic rings. The lowest BCUT2D eigenvalue weighted by atomic mass is 10.2. The van der Waals surface area contributed by atoms with Crippen molar-refractivity contribution in [1.29, 1.82) is 0 Å². The lowest BCUT2D eigenvalue weighted by molar-refractivity contribution is -0.124. The first-order valence-electron chi connectivity index (χ1n) is 6.02. The van der Waals surface area contributed by atoms with Crippen LogP contribution < -0.4 is 5.32 Å². The molecule has 1 aromatic rings. The van der Waals surface area contributed by atoms with Crippen LogP contribution in [0, 0.1) is 5.92 Å². The Morgan fingerprint density at radius 2 is 1.76 bits per heavy atom. The van der Waals surface area contributed by atoms with Gasteiger partial charge in [-0.2, -0.15) is 0 Å². The maximum absolute atomic E-state index is 11.4. The second kappa shape index (κ2) is 6.70. The summed E-state index contributed by atoms with van der Waals surface area (Å²) in [5.74, 6) is 0.149. The van der Waals surface area contributed by atoms with E-state index in [0.29, 0.717) is 11.8 Å². The molecule has 0 radical (unpaired) electrons. The predicted molar refractivity (Wildman–Crippen MR) is 74.1 cm³/mol. The summed E-state index contributed by atoms with van der Waals surface area (Å²) in [5, 5.41) is 3.51. The molecule has 0 aliphatic heterocycles. The van der Waals surface area contributed by atoms with E-state index >= 15 is 0 Å². The van der Waals surface area contributed by atoms with Gasteiger partial charge in [-0.25, -0.2) is 0 Å². The molecular weight excluding hydrogens is 230 g/mol. The second-order valence-electron chi connectivity index (χ2n) is 4.68. The Hall–Kier alpha value is -0.960. The first-order chi connectivity index (χ1) is 7.99. The summed E-state index contributed by atoms with van der Waals surface area (Å²) in [7, 11) is 0. The molecule has 1 rings (SSSR count). The van der Waals surface area contributed by atoms with E-state index in [-0.39, 0.29) is 11.8 Å². The molecule has 0 bridgehead atoms. The summed E-state index contributed by atoms with van der Waals surface area (Å²) in [5.41, 5.74) is 1.15. The molecule has 1 amide bonds. The van der Waals surface area contributed by atoms with Crippen molar-refractivity contribution < 1.29 is 4.79 Å². The zero-order valence-electron chi connectivity index (χ0n) is 11.0. The van der Waals surface area contributed by atoms with Crippen LogP contribution in [0.15, 0.2) is 29.2 Å². The topological polar surface area (TPSA) is 29.1 Å². The minimum absolute atomic E-state index is 0.0470. The third kappa shape index (κ3) is 5.26. The lowest BCUT2D eigenvalue weighted by Gasteiger charge is -2.09. The average molecular weight is 251 g/mol. The molecule has 0 aromatic heterocycles. The van der Waals surface area contributed by atoms with Gasteiger partial charge in [0.05, 0.1) is 0 Å². The molecule has 1 aromatic carbocycles. The van der Waals surface area contributed by atoms with Crippen molar-refractivity contribution in [3.63, 3.8) is 0 Å². The van der Waals surface area contributed by atoms with Gasteiger partial charge < -0.3 is 5.32 Å². The van der Waals surface area contributed by atoms with Crippen molar-refractivity contribution in [3.8, 4) is 0 Å². The third-order valence-corrected chi connectivity index (χ3v) is 3.30. The molecule has 0 heterocycles. The van der Waals surface area contributed by atoms with E-state index in [1.807, 2.05) is 25.6 Å². The molecule has 17 heavy (non-hydrogen) atoms. The van der Waals surface area contributed by atoms with E-state index < -0.39 is 0 Å². The summed E-state index contributed by atoms with van der Waals surface area (Å²) < 4.78 is 0. The Bertz CT molecular complexity index is 357. The number of nitrogens with one attached hydrogen (secondary N) is 1. The number of carbonyl (C=O) groups is 1. The van der Waals surface area contributed by atoms with Crippen LogP contribution in [0.4, 0.5) is 0 Å². The van der Waals surface area contributed by atoms with Gasteiger partial charge in [0, 0.05) is 22.6 Å². The van der Waals surface area contributed by atoms with E-state index in [1.54, 1.807) is 0 Å². The van der Waals surface area contributed by atoms with Crippen LogP contribution in [0.25, 0.3) is 0 Å². The number of thioether (sulfide) groups is 1. The summed E-state index contributed by atoms with van der Waals surface area (Å²) in [6.07, 6.45) is 0. The van der Waals surface area contributed by atoms with Crippen LogP contribution in [0.1, 0.15) is 33.3 Å². The fraction of sp³-hybridized carbons (Fsp3) is 0.500. The number of hydrogen-bond acceptors (Lipinski definition) is 2. The zero-order chi connectivity index (χ0) is 12.8. The van der Waals surface area contributed by atoms with Crippen LogP contribution in [0.2, 0.25) is 0 Å². The van der Waals surface area contributed by atoms with Crippen molar-refractivity contribution in [2.75, 3.05) is 0 Å². The summed E-state index contributed by atoms with van der Waals surface area (Å²) in [6.45, 7) is 8.78. The molecule has 2 nitrogen and oxygen atoms in total. The van der Waals surface area contributed by atoms with Crippen LogP contribution in [-0.2, 0) is 11.3 Å². The van der Waals surface area contributed by atoms with Gasteiger partial charge in [-0.1, -0.05) is 39.8 Å². The van der Waals surface area contributed by atoms with Gasteiger partial charge in [-0.05, 0) is 17.7 Å². The SMILES string of the molecule is CC(C)Sc1ccc(CNC(=O)C(C)C)cc1. The molecule has 0 saturated carbocycles. The normalized spacial score (nSPS) is 10.9. The van der Waals surface area contributed by atoms with Crippen molar-refractivity contribution in [2.24, 2.45) is 5.92 Å². The number of rotatable bonds is 5. The van der Waals surface area contributed by atoms with Crippen molar-refractivity contribution in [3.05, 3.63) is 29.8 Å². The molecule has 1 N–H and O–H groups in total. The quantitative estimate of drug-likeness (QED) is 0.812. The van der Waals surface area contributed by atoms with Crippen LogP contribution >= 0.6 is 11.8 Å². The largest absolute Gasteiger partial charge is 0.352 e. The summed E-state index contributed by atoms with van der Waals surface area (Å²) >= 11 is 1.85. The van der Waals surface area contributed by atoms with Crippen LogP contribution in [-0.4, -0.2) is 11.2 Å². The average Bonchev–Trinajstić information content (AvgIpc) is 2.26. The first kappa shape index (κ1) is 14.1. The molecule has 94 valence electrons. The fourth-order valence-corrected chi connectivity index (χ4v) is 2.19. The Morgan fingerprint density at radius 1 is 1.18 bits per heavy atom. The molecule has 0 unspecified atom stereocenters. The Balaban J connectivity index is 2.48.